The van der Waals surface area contributed by atoms with Crippen molar-refractivity contribution in [3.63, 3.8) is 0 Å². The highest BCUT2D eigenvalue weighted by molar-refractivity contribution is 7.98. The van der Waals surface area contributed by atoms with Crippen molar-refractivity contribution in [1.29, 1.82) is 0 Å². The number of hydrogen-bond acceptors (Lipinski definition) is 5. The van der Waals surface area contributed by atoms with Crippen LogP contribution in [0.5, 0.6) is 5.75 Å². The summed E-state index contributed by atoms with van der Waals surface area (Å²) in [5, 5.41) is 11.9. The van der Waals surface area contributed by atoms with Crippen LogP contribution >= 0.6 is 37.7 Å². The van der Waals surface area contributed by atoms with Gasteiger partial charge in [-0.05, 0) is 30.6 Å². The van der Waals surface area contributed by atoms with Crippen molar-refractivity contribution in [2.24, 2.45) is 0 Å². The van der Waals surface area contributed by atoms with Crippen molar-refractivity contribution in [2.75, 3.05) is 25.7 Å². The number of thioether (sulfide) groups is 1. The Morgan fingerprint density at radius 1 is 1.36 bits per heavy atom. The van der Waals surface area contributed by atoms with Crippen LogP contribution < -0.4 is 10.1 Å². The summed E-state index contributed by atoms with van der Waals surface area (Å²) in [6.45, 7) is -0.0221. The molecule has 0 aliphatic rings. The summed E-state index contributed by atoms with van der Waals surface area (Å²) in [6, 6.07) is 6.19. The Bertz CT molecular complexity index is 474. The lowest BCUT2D eigenvalue weighted by atomic mass is 10.1. The molecule has 0 aliphatic carbocycles. The Morgan fingerprint density at radius 2 is 2.00 bits per heavy atom. The number of rotatable bonds is 9. The van der Waals surface area contributed by atoms with Gasteiger partial charge >= 0.3 is 5.97 Å². The van der Waals surface area contributed by atoms with Crippen LogP contribution in [-0.2, 0) is 4.79 Å². The molecule has 5 nitrogen and oxygen atoms in total. The lowest BCUT2D eigenvalue weighted by Crippen LogP contribution is -2.40. The average Bonchev–Trinajstić information content (AvgIpc) is 2.46. The molecule has 0 heterocycles. The number of nitrogens with one attached hydrogen (secondary N) is 1. The molecule has 1 aromatic carbocycles. The molecule has 0 unspecified atom stereocenters. The molecule has 0 saturated heterocycles. The van der Waals surface area contributed by atoms with E-state index in [2.05, 4.69) is 5.32 Å². The van der Waals surface area contributed by atoms with Gasteiger partial charge < -0.3 is 9.84 Å². The minimum atomic E-state index is -0.938. The van der Waals surface area contributed by atoms with Gasteiger partial charge in [0.05, 0.1) is 19.2 Å². The third kappa shape index (κ3) is 7.40. The van der Waals surface area contributed by atoms with Gasteiger partial charge in [-0.2, -0.15) is 25.3 Å². The fourth-order valence-electron chi connectivity index (χ4n) is 1.73. The summed E-state index contributed by atoms with van der Waals surface area (Å²) in [6.07, 6.45) is 2.40. The molecule has 1 atom stereocenters. The molecule has 0 fully saturated rings. The number of carboxylic acids is 1. The Morgan fingerprint density at radius 3 is 2.55 bits per heavy atom. The van der Waals surface area contributed by atoms with Crippen LogP contribution in [0.2, 0.25) is 0 Å². The Hall–Kier alpha value is -0.890. The maximum Gasteiger partial charge on any atom is 0.320 e. The quantitative estimate of drug-likeness (QED) is 0.652. The lowest BCUT2D eigenvalue weighted by Gasteiger charge is -2.14. The molecule has 0 radical (unpaired) electrons. The lowest BCUT2D eigenvalue weighted by molar-refractivity contribution is -0.139. The highest BCUT2D eigenvalue weighted by Crippen LogP contribution is 2.17. The van der Waals surface area contributed by atoms with Crippen molar-refractivity contribution in [2.45, 2.75) is 12.5 Å². The average molecular weight is 368 g/mol. The van der Waals surface area contributed by atoms with Crippen LogP contribution in [0.1, 0.15) is 16.8 Å². The number of aliphatic carboxylic acids is 1. The maximum absolute atomic E-state index is 12.1. The Balaban J connectivity index is 0. The van der Waals surface area contributed by atoms with Crippen molar-refractivity contribution in [1.82, 2.24) is 5.32 Å². The molecule has 22 heavy (non-hydrogen) atoms. The fraction of sp³-hybridized carbons (Fsp3) is 0.429. The van der Waals surface area contributed by atoms with Crippen LogP contribution in [0.15, 0.2) is 24.3 Å². The van der Waals surface area contributed by atoms with Crippen molar-refractivity contribution in [3.05, 3.63) is 29.8 Å². The fourth-order valence-corrected chi connectivity index (χ4v) is 2.21. The highest BCUT2D eigenvalue weighted by atomic mass is 35.5. The number of methoxy groups -OCH3 is 1. The first-order valence-electron chi connectivity index (χ1n) is 6.21. The first-order valence-corrected chi connectivity index (χ1v) is 7.61. The molecule has 0 aliphatic heterocycles. The zero-order valence-electron chi connectivity index (χ0n) is 12.5. The topological polar surface area (TPSA) is 75.6 Å². The summed E-state index contributed by atoms with van der Waals surface area (Å²) in [4.78, 5) is 23.2. The molecular weight excluding hydrogens is 346 g/mol. The number of benzene rings is 1. The van der Waals surface area contributed by atoms with E-state index in [-0.39, 0.29) is 38.2 Å². The second kappa shape index (κ2) is 12.6. The summed E-state index contributed by atoms with van der Waals surface area (Å²) in [7, 11) is 1.50. The molecule has 2 N–H and O–H groups in total. The molecule has 1 aromatic rings. The standard InChI is InChI=1S/C14H19NO4S.ClH.H2S/c1-19-13-6-4-3-5-10(13)12(16)9-15-11(14(17)18)7-8-20-2;;/h3-6,11,15H,7-9H2,1-2H3,(H,17,18);1H;1H2/t11-;;/m0../s1. The number of para-hydroxylation sites is 1. The van der Waals surface area contributed by atoms with Crippen LogP contribution in [-0.4, -0.2) is 48.6 Å². The number of halogens is 1. The van der Waals surface area contributed by atoms with Crippen molar-refractivity contribution >= 4 is 49.4 Å². The van der Waals surface area contributed by atoms with E-state index in [0.717, 1.165) is 5.75 Å². The van der Waals surface area contributed by atoms with Gasteiger partial charge in [0.15, 0.2) is 5.78 Å². The van der Waals surface area contributed by atoms with Crippen LogP contribution in [0.25, 0.3) is 0 Å². The van der Waals surface area contributed by atoms with Gasteiger partial charge in [0.25, 0.3) is 0 Å². The Kier molecular flexibility index (Phi) is 13.4. The van der Waals surface area contributed by atoms with E-state index in [0.29, 0.717) is 17.7 Å². The molecule has 0 bridgehead atoms. The normalized spacial score (nSPS) is 10.8. The molecule has 8 heteroatoms. The van der Waals surface area contributed by atoms with E-state index in [9.17, 15) is 9.59 Å². The predicted molar refractivity (Wildman–Crippen MR) is 97.4 cm³/mol. The largest absolute Gasteiger partial charge is 0.496 e. The first-order chi connectivity index (χ1) is 9.60. The third-order valence-electron chi connectivity index (χ3n) is 2.83. The molecule has 0 saturated carbocycles. The number of carbonyl (C=O) groups is 2. The summed E-state index contributed by atoms with van der Waals surface area (Å²) in [5.74, 6) is 0.104. The van der Waals surface area contributed by atoms with Crippen LogP contribution in [0.4, 0.5) is 0 Å². The van der Waals surface area contributed by atoms with E-state index in [1.54, 1.807) is 36.0 Å². The van der Waals surface area contributed by atoms with Crippen LogP contribution in [0, 0.1) is 0 Å². The van der Waals surface area contributed by atoms with E-state index in [4.69, 9.17) is 9.84 Å². The molecule has 0 spiro atoms. The SMILES string of the molecule is COc1ccccc1C(=O)CN[C@@H](CCSC)C(=O)O.Cl.S. The zero-order valence-corrected chi connectivity index (χ0v) is 15.1. The molecular formula is C14H22ClNO4S2. The minimum Gasteiger partial charge on any atom is -0.496 e. The van der Waals surface area contributed by atoms with Crippen molar-refractivity contribution < 1.29 is 19.4 Å². The number of ketones is 1. The Labute approximate surface area is 148 Å². The molecule has 0 amide bonds. The monoisotopic (exact) mass is 367 g/mol. The third-order valence-corrected chi connectivity index (χ3v) is 3.47. The number of carboxylic acid groups (broad SMARTS) is 1. The molecule has 0 aromatic heterocycles. The van der Waals surface area contributed by atoms with Crippen LogP contribution in [0.3, 0.4) is 0 Å². The highest BCUT2D eigenvalue weighted by Gasteiger charge is 2.19. The summed E-state index contributed by atoms with van der Waals surface area (Å²) < 4.78 is 5.12. The number of Topliss-reactive ketones (excluding diaryl/α,β-unsaturated/α-hetero) is 1. The predicted octanol–water partition coefficient (Wildman–Crippen LogP) is 2.21. The van der Waals surface area contributed by atoms with E-state index in [1.807, 2.05) is 6.26 Å². The van der Waals surface area contributed by atoms with Gasteiger partial charge in [-0.1, -0.05) is 12.1 Å². The van der Waals surface area contributed by atoms with E-state index >= 15 is 0 Å². The van der Waals surface area contributed by atoms with Gasteiger partial charge in [-0.15, -0.1) is 12.4 Å². The number of carbonyl (C=O) groups excluding carboxylic acids is 1. The van der Waals surface area contributed by atoms with Gasteiger partial charge in [-0.25, -0.2) is 0 Å². The van der Waals surface area contributed by atoms with E-state index in [1.165, 1.54) is 7.11 Å². The smallest absolute Gasteiger partial charge is 0.320 e. The molecule has 126 valence electrons. The van der Waals surface area contributed by atoms with E-state index < -0.39 is 12.0 Å². The zero-order chi connectivity index (χ0) is 15.0. The van der Waals surface area contributed by atoms with Crippen molar-refractivity contribution in [3.8, 4) is 5.75 Å². The van der Waals surface area contributed by atoms with Gasteiger partial charge in [0, 0.05) is 0 Å². The maximum atomic E-state index is 12.1. The van der Waals surface area contributed by atoms with Gasteiger partial charge in [0.2, 0.25) is 0 Å². The number of ether oxygens (including phenoxy) is 1. The summed E-state index contributed by atoms with van der Waals surface area (Å²) >= 11 is 1.58. The number of hydrogen-bond donors (Lipinski definition) is 2. The van der Waals surface area contributed by atoms with Gasteiger partial charge in [-0.3, -0.25) is 14.9 Å². The minimum absolute atomic E-state index is 0. The second-order valence-corrected chi connectivity index (χ2v) is 5.16. The van der Waals surface area contributed by atoms with Gasteiger partial charge in [0.1, 0.15) is 11.8 Å². The summed E-state index contributed by atoms with van der Waals surface area (Å²) in [5.41, 5.74) is 0.455. The second-order valence-electron chi connectivity index (χ2n) is 4.18. The molecule has 1 rings (SSSR count). The first kappa shape index (κ1) is 23.4.